The van der Waals surface area contributed by atoms with Crippen LogP contribution in [0.25, 0.3) is 0 Å². The van der Waals surface area contributed by atoms with E-state index < -0.39 is 6.09 Å². The Morgan fingerprint density at radius 1 is 1.41 bits per heavy atom. The van der Waals surface area contributed by atoms with Crippen molar-refractivity contribution in [2.45, 2.75) is 18.9 Å². The van der Waals surface area contributed by atoms with E-state index in [9.17, 15) is 4.79 Å². The molecular formula is C12H15ClN2O2. The van der Waals surface area contributed by atoms with Crippen LogP contribution in [0.1, 0.15) is 12.8 Å². The first-order chi connectivity index (χ1) is 8.17. The Morgan fingerprint density at radius 3 is 2.65 bits per heavy atom. The van der Waals surface area contributed by atoms with Crippen LogP contribution in [0.15, 0.2) is 24.3 Å². The lowest BCUT2D eigenvalue weighted by Crippen LogP contribution is -2.38. The van der Waals surface area contributed by atoms with Gasteiger partial charge in [0.15, 0.2) is 0 Å². The monoisotopic (exact) mass is 254 g/mol. The Kier molecular flexibility index (Phi) is 3.86. The Bertz CT molecular complexity index is 388. The van der Waals surface area contributed by atoms with Gasteiger partial charge >= 0.3 is 6.09 Å². The Balaban J connectivity index is 1.76. The minimum atomic E-state index is -0.423. The smallest absolute Gasteiger partial charge is 0.411 e. The molecule has 1 fully saturated rings. The molecule has 0 unspecified atom stereocenters. The molecule has 0 bridgehead atoms. The van der Waals surface area contributed by atoms with Gasteiger partial charge in [-0.05, 0) is 49.6 Å². The maximum absolute atomic E-state index is 11.5. The van der Waals surface area contributed by atoms with Gasteiger partial charge in [0, 0.05) is 10.7 Å². The van der Waals surface area contributed by atoms with Crippen LogP contribution >= 0.6 is 11.6 Å². The molecule has 1 aliphatic carbocycles. The number of ether oxygens (including phenoxy) is 1. The van der Waals surface area contributed by atoms with E-state index in [0.29, 0.717) is 23.2 Å². The lowest BCUT2D eigenvalue weighted by atomic mass is 9.82. The first kappa shape index (κ1) is 12.2. The fourth-order valence-electron chi connectivity index (χ4n) is 1.80. The highest BCUT2D eigenvalue weighted by Gasteiger charge is 2.30. The summed E-state index contributed by atoms with van der Waals surface area (Å²) in [6, 6.07) is 6.88. The molecule has 1 saturated carbocycles. The second kappa shape index (κ2) is 5.38. The van der Waals surface area contributed by atoms with Gasteiger partial charge < -0.3 is 10.5 Å². The van der Waals surface area contributed by atoms with E-state index in [1.165, 1.54) is 0 Å². The van der Waals surface area contributed by atoms with Crippen molar-refractivity contribution in [2.24, 2.45) is 11.7 Å². The second-order valence-electron chi connectivity index (χ2n) is 4.23. The van der Waals surface area contributed by atoms with Crippen LogP contribution in [-0.4, -0.2) is 18.7 Å². The molecule has 0 radical (unpaired) electrons. The molecule has 0 atom stereocenters. The van der Waals surface area contributed by atoms with Crippen LogP contribution in [0.5, 0.6) is 0 Å². The quantitative estimate of drug-likeness (QED) is 0.872. The van der Waals surface area contributed by atoms with E-state index in [0.717, 1.165) is 12.8 Å². The van der Waals surface area contributed by atoms with E-state index in [-0.39, 0.29) is 6.10 Å². The number of halogens is 1. The third-order valence-electron chi connectivity index (χ3n) is 2.89. The van der Waals surface area contributed by atoms with Gasteiger partial charge in [-0.2, -0.15) is 0 Å². The molecule has 17 heavy (non-hydrogen) atoms. The minimum Gasteiger partial charge on any atom is -0.446 e. The second-order valence-corrected chi connectivity index (χ2v) is 4.67. The molecule has 0 spiro atoms. The summed E-state index contributed by atoms with van der Waals surface area (Å²) in [5, 5.41) is 3.28. The molecular weight excluding hydrogens is 240 g/mol. The largest absolute Gasteiger partial charge is 0.446 e. The number of anilines is 1. The lowest BCUT2D eigenvalue weighted by Gasteiger charge is -2.33. The Labute approximate surface area is 105 Å². The summed E-state index contributed by atoms with van der Waals surface area (Å²) in [4.78, 5) is 11.5. The van der Waals surface area contributed by atoms with Crippen LogP contribution in [-0.2, 0) is 4.74 Å². The first-order valence-corrected chi connectivity index (χ1v) is 5.98. The average Bonchev–Trinajstić information content (AvgIpc) is 2.26. The van der Waals surface area contributed by atoms with Crippen LogP contribution < -0.4 is 11.1 Å². The van der Waals surface area contributed by atoms with Gasteiger partial charge in [-0.1, -0.05) is 11.6 Å². The zero-order valence-corrected chi connectivity index (χ0v) is 10.1. The predicted octanol–water partition coefficient (Wildman–Crippen LogP) is 2.63. The van der Waals surface area contributed by atoms with Gasteiger partial charge in [0.2, 0.25) is 0 Å². The van der Waals surface area contributed by atoms with E-state index in [1.807, 2.05) is 0 Å². The molecule has 0 heterocycles. The molecule has 5 heteroatoms. The van der Waals surface area contributed by atoms with Gasteiger partial charge in [0.25, 0.3) is 0 Å². The van der Waals surface area contributed by atoms with Crippen LogP contribution in [0, 0.1) is 5.92 Å². The normalized spacial score (nSPS) is 22.7. The van der Waals surface area contributed by atoms with Crippen molar-refractivity contribution < 1.29 is 9.53 Å². The number of rotatable bonds is 3. The van der Waals surface area contributed by atoms with Crippen LogP contribution in [0.4, 0.5) is 10.5 Å². The van der Waals surface area contributed by atoms with E-state index in [2.05, 4.69) is 5.32 Å². The zero-order valence-electron chi connectivity index (χ0n) is 9.36. The molecule has 0 aliphatic heterocycles. The summed E-state index contributed by atoms with van der Waals surface area (Å²) in [5.41, 5.74) is 6.17. The van der Waals surface area contributed by atoms with Crippen molar-refractivity contribution in [3.63, 3.8) is 0 Å². The SMILES string of the molecule is NCC1CC(OC(=O)Nc2ccc(Cl)cc2)C1. The summed E-state index contributed by atoms with van der Waals surface area (Å²) in [6.45, 7) is 0.665. The fraction of sp³-hybridized carbons (Fsp3) is 0.417. The molecule has 0 aromatic heterocycles. The van der Waals surface area contributed by atoms with Gasteiger partial charge in [-0.15, -0.1) is 0 Å². The third-order valence-corrected chi connectivity index (χ3v) is 3.14. The summed E-state index contributed by atoms with van der Waals surface area (Å²) in [7, 11) is 0. The standard InChI is InChI=1S/C12H15ClN2O2/c13-9-1-3-10(4-2-9)15-12(16)17-11-5-8(6-11)7-14/h1-4,8,11H,5-7,14H2,(H,15,16). The lowest BCUT2D eigenvalue weighted by molar-refractivity contribution is 0.0278. The summed E-state index contributed by atoms with van der Waals surface area (Å²) in [5.74, 6) is 0.503. The molecule has 0 saturated heterocycles. The van der Waals surface area contributed by atoms with Crippen molar-refractivity contribution in [3.8, 4) is 0 Å². The zero-order chi connectivity index (χ0) is 12.3. The highest BCUT2D eigenvalue weighted by atomic mass is 35.5. The highest BCUT2D eigenvalue weighted by molar-refractivity contribution is 6.30. The Morgan fingerprint density at radius 2 is 2.06 bits per heavy atom. The number of hydrogen-bond acceptors (Lipinski definition) is 3. The maximum atomic E-state index is 11.5. The summed E-state index contributed by atoms with van der Waals surface area (Å²) >= 11 is 5.74. The van der Waals surface area contributed by atoms with Gasteiger partial charge in [0.05, 0.1) is 0 Å². The molecule has 1 amide bonds. The van der Waals surface area contributed by atoms with Crippen molar-refractivity contribution in [2.75, 3.05) is 11.9 Å². The number of nitrogens with one attached hydrogen (secondary N) is 1. The number of hydrogen-bond donors (Lipinski definition) is 2. The number of nitrogens with two attached hydrogens (primary N) is 1. The predicted molar refractivity (Wildman–Crippen MR) is 67.1 cm³/mol. The van der Waals surface area contributed by atoms with Crippen LogP contribution in [0.2, 0.25) is 5.02 Å². The molecule has 92 valence electrons. The number of amides is 1. The third kappa shape index (κ3) is 3.35. The molecule has 1 aromatic rings. The van der Waals surface area contributed by atoms with Crippen molar-refractivity contribution in [3.05, 3.63) is 29.3 Å². The summed E-state index contributed by atoms with van der Waals surface area (Å²) < 4.78 is 5.21. The molecule has 2 rings (SSSR count). The summed E-state index contributed by atoms with van der Waals surface area (Å²) in [6.07, 6.45) is 1.32. The molecule has 1 aromatic carbocycles. The maximum Gasteiger partial charge on any atom is 0.411 e. The number of benzene rings is 1. The molecule has 3 N–H and O–H groups in total. The van der Waals surface area contributed by atoms with E-state index in [4.69, 9.17) is 22.1 Å². The number of carbonyl (C=O) groups excluding carboxylic acids is 1. The van der Waals surface area contributed by atoms with Crippen molar-refractivity contribution >= 4 is 23.4 Å². The number of carbonyl (C=O) groups is 1. The van der Waals surface area contributed by atoms with Gasteiger partial charge in [-0.3, -0.25) is 5.32 Å². The molecule has 4 nitrogen and oxygen atoms in total. The highest BCUT2D eigenvalue weighted by Crippen LogP contribution is 2.29. The fourth-order valence-corrected chi connectivity index (χ4v) is 1.92. The average molecular weight is 255 g/mol. The van der Waals surface area contributed by atoms with Gasteiger partial charge in [0.1, 0.15) is 6.10 Å². The molecule has 1 aliphatic rings. The van der Waals surface area contributed by atoms with Crippen LogP contribution in [0.3, 0.4) is 0 Å². The topological polar surface area (TPSA) is 64.3 Å². The van der Waals surface area contributed by atoms with E-state index >= 15 is 0 Å². The van der Waals surface area contributed by atoms with E-state index in [1.54, 1.807) is 24.3 Å². The van der Waals surface area contributed by atoms with Gasteiger partial charge in [-0.25, -0.2) is 4.79 Å². The Hall–Kier alpha value is -1.26. The van der Waals surface area contributed by atoms with Crippen molar-refractivity contribution in [1.82, 2.24) is 0 Å². The minimum absolute atomic E-state index is 0.0100. The van der Waals surface area contributed by atoms with Crippen molar-refractivity contribution in [1.29, 1.82) is 0 Å². The first-order valence-electron chi connectivity index (χ1n) is 5.60.